The molecule has 0 aliphatic rings. The van der Waals surface area contributed by atoms with Gasteiger partial charge in [-0.3, -0.25) is 0 Å². The Kier molecular flexibility index (Phi) is 7.28. The maximum atomic E-state index is 5.24. The molecule has 0 aliphatic carbocycles. The van der Waals surface area contributed by atoms with Gasteiger partial charge in [0.05, 0.1) is 20.0 Å². The lowest BCUT2D eigenvalue weighted by Crippen LogP contribution is -2.38. The number of imidazole rings is 1. The first-order chi connectivity index (χ1) is 14.2. The van der Waals surface area contributed by atoms with E-state index in [2.05, 4.69) is 70.1 Å². The average molecular weight is 392 g/mol. The van der Waals surface area contributed by atoms with Crippen molar-refractivity contribution in [3.8, 4) is 5.75 Å². The topological polar surface area (TPSA) is 54.7 Å². The van der Waals surface area contributed by atoms with Crippen LogP contribution in [-0.2, 0) is 19.6 Å². The summed E-state index contributed by atoms with van der Waals surface area (Å²) >= 11 is 0. The third-order valence-corrected chi connectivity index (χ3v) is 4.60. The van der Waals surface area contributed by atoms with Crippen molar-refractivity contribution in [2.24, 2.45) is 4.99 Å². The van der Waals surface area contributed by atoms with Crippen LogP contribution in [0.5, 0.6) is 5.75 Å². The standard InChI is InChI=1S/C23H29N5O/c1-4-25-23(27(2)16-19-8-10-22(29-3)11-9-19)26-15-20-6-5-7-21(14-20)17-28-13-12-24-18-28/h5-14,18H,4,15-17H2,1-3H3,(H,25,26). The summed E-state index contributed by atoms with van der Waals surface area (Å²) in [4.78, 5) is 11.1. The van der Waals surface area contributed by atoms with Gasteiger partial charge < -0.3 is 19.5 Å². The molecule has 0 spiro atoms. The molecule has 1 N–H and O–H groups in total. The van der Waals surface area contributed by atoms with Crippen molar-refractivity contribution in [3.63, 3.8) is 0 Å². The molecule has 29 heavy (non-hydrogen) atoms. The van der Waals surface area contributed by atoms with Crippen molar-refractivity contribution in [1.29, 1.82) is 0 Å². The molecule has 1 heterocycles. The minimum atomic E-state index is 0.632. The van der Waals surface area contributed by atoms with Gasteiger partial charge >= 0.3 is 0 Å². The monoisotopic (exact) mass is 391 g/mol. The Bertz CT molecular complexity index is 903. The van der Waals surface area contributed by atoms with Crippen molar-refractivity contribution < 1.29 is 4.74 Å². The maximum Gasteiger partial charge on any atom is 0.194 e. The lowest BCUT2D eigenvalue weighted by atomic mass is 10.1. The molecule has 0 fully saturated rings. The number of benzene rings is 2. The number of aromatic nitrogens is 2. The number of guanidine groups is 1. The summed E-state index contributed by atoms with van der Waals surface area (Å²) in [5.41, 5.74) is 3.64. The normalized spacial score (nSPS) is 11.3. The van der Waals surface area contributed by atoms with Crippen molar-refractivity contribution in [2.45, 2.75) is 26.6 Å². The molecule has 1 aromatic heterocycles. The fraction of sp³-hybridized carbons (Fsp3) is 0.304. The van der Waals surface area contributed by atoms with Crippen molar-refractivity contribution in [1.82, 2.24) is 19.8 Å². The van der Waals surface area contributed by atoms with Gasteiger partial charge in [0.1, 0.15) is 5.75 Å². The van der Waals surface area contributed by atoms with Gasteiger partial charge in [-0.25, -0.2) is 9.98 Å². The first-order valence-corrected chi connectivity index (χ1v) is 9.84. The smallest absolute Gasteiger partial charge is 0.194 e. The second-order valence-electron chi connectivity index (χ2n) is 6.93. The minimum Gasteiger partial charge on any atom is -0.497 e. The lowest BCUT2D eigenvalue weighted by molar-refractivity contribution is 0.414. The van der Waals surface area contributed by atoms with Crippen LogP contribution < -0.4 is 10.1 Å². The first-order valence-electron chi connectivity index (χ1n) is 9.84. The molecule has 0 saturated heterocycles. The Morgan fingerprint density at radius 1 is 1.14 bits per heavy atom. The van der Waals surface area contributed by atoms with Gasteiger partial charge in [-0.15, -0.1) is 0 Å². The van der Waals surface area contributed by atoms with E-state index in [1.165, 1.54) is 16.7 Å². The van der Waals surface area contributed by atoms with Crippen LogP contribution in [0, 0.1) is 0 Å². The number of aliphatic imine (C=N–C) groups is 1. The molecule has 0 amide bonds. The van der Waals surface area contributed by atoms with E-state index in [0.29, 0.717) is 6.54 Å². The van der Waals surface area contributed by atoms with Crippen LogP contribution in [0.4, 0.5) is 0 Å². The summed E-state index contributed by atoms with van der Waals surface area (Å²) in [6, 6.07) is 16.7. The van der Waals surface area contributed by atoms with Crippen LogP contribution in [0.25, 0.3) is 0 Å². The zero-order valence-electron chi connectivity index (χ0n) is 17.4. The number of nitrogens with zero attached hydrogens (tertiary/aromatic N) is 4. The Morgan fingerprint density at radius 3 is 2.62 bits per heavy atom. The molecule has 0 unspecified atom stereocenters. The van der Waals surface area contributed by atoms with Gasteiger partial charge in [-0.2, -0.15) is 0 Å². The molecular formula is C23H29N5O. The molecule has 2 aromatic carbocycles. The SMILES string of the molecule is CCNC(=NCc1cccc(Cn2ccnc2)c1)N(C)Cc1ccc(OC)cc1. The first kappa shape index (κ1) is 20.5. The van der Waals surface area contributed by atoms with E-state index >= 15 is 0 Å². The van der Waals surface area contributed by atoms with Gasteiger partial charge in [-0.1, -0.05) is 36.4 Å². The highest BCUT2D eigenvalue weighted by atomic mass is 16.5. The molecule has 6 heteroatoms. The van der Waals surface area contributed by atoms with Crippen molar-refractivity contribution in [2.75, 3.05) is 20.7 Å². The second-order valence-corrected chi connectivity index (χ2v) is 6.93. The van der Waals surface area contributed by atoms with E-state index in [4.69, 9.17) is 9.73 Å². The van der Waals surface area contributed by atoms with Crippen LogP contribution in [-0.4, -0.2) is 41.1 Å². The number of nitrogens with one attached hydrogen (secondary N) is 1. The molecule has 0 saturated carbocycles. The van der Waals surface area contributed by atoms with Crippen LogP contribution in [0.3, 0.4) is 0 Å². The number of ether oxygens (including phenoxy) is 1. The van der Waals surface area contributed by atoms with Gasteiger partial charge in [0.2, 0.25) is 0 Å². The number of hydrogen-bond donors (Lipinski definition) is 1. The summed E-state index contributed by atoms with van der Waals surface area (Å²) < 4.78 is 7.30. The highest BCUT2D eigenvalue weighted by Crippen LogP contribution is 2.13. The third kappa shape index (κ3) is 6.10. The van der Waals surface area contributed by atoms with Crippen LogP contribution in [0.1, 0.15) is 23.6 Å². The van der Waals surface area contributed by atoms with E-state index in [0.717, 1.165) is 31.3 Å². The highest BCUT2D eigenvalue weighted by molar-refractivity contribution is 5.79. The predicted molar refractivity (Wildman–Crippen MR) is 117 cm³/mol. The van der Waals surface area contributed by atoms with Gasteiger partial charge in [0, 0.05) is 39.1 Å². The van der Waals surface area contributed by atoms with Crippen LogP contribution in [0.15, 0.2) is 72.2 Å². The highest BCUT2D eigenvalue weighted by Gasteiger charge is 2.07. The van der Waals surface area contributed by atoms with Gasteiger partial charge in [-0.05, 0) is 35.7 Å². The van der Waals surface area contributed by atoms with Crippen LogP contribution >= 0.6 is 0 Å². The maximum absolute atomic E-state index is 5.24. The number of rotatable bonds is 8. The minimum absolute atomic E-state index is 0.632. The van der Waals surface area contributed by atoms with E-state index in [1.54, 1.807) is 13.3 Å². The summed E-state index contributed by atoms with van der Waals surface area (Å²) in [6.07, 6.45) is 5.61. The molecule has 3 aromatic rings. The molecule has 6 nitrogen and oxygen atoms in total. The van der Waals surface area contributed by atoms with Crippen molar-refractivity contribution >= 4 is 5.96 Å². The Labute approximate surface area is 172 Å². The van der Waals surface area contributed by atoms with E-state index in [1.807, 2.05) is 24.7 Å². The molecule has 0 radical (unpaired) electrons. The van der Waals surface area contributed by atoms with E-state index in [9.17, 15) is 0 Å². The Balaban J connectivity index is 1.66. The van der Waals surface area contributed by atoms with Gasteiger partial charge in [0.15, 0.2) is 5.96 Å². The summed E-state index contributed by atoms with van der Waals surface area (Å²) in [6.45, 7) is 5.13. The largest absolute Gasteiger partial charge is 0.497 e. The fourth-order valence-electron chi connectivity index (χ4n) is 3.13. The lowest BCUT2D eigenvalue weighted by Gasteiger charge is -2.22. The Morgan fingerprint density at radius 2 is 1.93 bits per heavy atom. The molecule has 0 aliphatic heterocycles. The predicted octanol–water partition coefficient (Wildman–Crippen LogP) is 3.54. The third-order valence-electron chi connectivity index (χ3n) is 4.60. The summed E-state index contributed by atoms with van der Waals surface area (Å²) in [7, 11) is 3.74. The summed E-state index contributed by atoms with van der Waals surface area (Å²) in [5, 5.41) is 3.39. The molecule has 152 valence electrons. The Hall–Kier alpha value is -3.28. The van der Waals surface area contributed by atoms with Crippen molar-refractivity contribution in [3.05, 3.63) is 83.9 Å². The van der Waals surface area contributed by atoms with Crippen LogP contribution in [0.2, 0.25) is 0 Å². The average Bonchev–Trinajstić information content (AvgIpc) is 3.25. The molecule has 0 atom stereocenters. The fourth-order valence-corrected chi connectivity index (χ4v) is 3.13. The second kappa shape index (κ2) is 10.3. The molecule has 3 rings (SSSR count). The van der Waals surface area contributed by atoms with Gasteiger partial charge in [0.25, 0.3) is 0 Å². The number of hydrogen-bond acceptors (Lipinski definition) is 3. The molecule has 0 bridgehead atoms. The van der Waals surface area contributed by atoms with E-state index in [-0.39, 0.29) is 0 Å². The zero-order chi connectivity index (χ0) is 20.5. The zero-order valence-corrected chi connectivity index (χ0v) is 17.4. The summed E-state index contributed by atoms with van der Waals surface area (Å²) in [5.74, 6) is 1.76. The quantitative estimate of drug-likeness (QED) is 0.471. The molecular weight excluding hydrogens is 362 g/mol. The van der Waals surface area contributed by atoms with E-state index < -0.39 is 0 Å². The number of methoxy groups -OCH3 is 1.